The van der Waals surface area contributed by atoms with Gasteiger partial charge in [-0.15, -0.1) is 0 Å². The fourth-order valence-corrected chi connectivity index (χ4v) is 6.34. The molecule has 0 unspecified atom stereocenters. The van der Waals surface area contributed by atoms with Crippen LogP contribution in [0.2, 0.25) is 0 Å². The summed E-state index contributed by atoms with van der Waals surface area (Å²) in [6, 6.07) is 53.1. The molecule has 0 atom stereocenters. The second-order valence-corrected chi connectivity index (χ2v) is 10.1. The van der Waals surface area contributed by atoms with E-state index in [0.717, 1.165) is 0 Å². The standard InChI is InChI=1S/C38H24/c1-2-11-25(12-3-1)26-13-8-14-27(23-26)28-15-9-16-29(24-28)36-33-19-6-7-20-34(33)37-31-18-5-4-17-30(31)32-21-10-22-35(36)38(32)37/h1-24H. The summed E-state index contributed by atoms with van der Waals surface area (Å²) in [4.78, 5) is 0. The van der Waals surface area contributed by atoms with E-state index >= 15 is 0 Å². The number of rotatable bonds is 3. The Balaban J connectivity index is 1.38. The molecule has 7 aromatic rings. The van der Waals surface area contributed by atoms with Crippen molar-refractivity contribution in [1.82, 2.24) is 0 Å². The Morgan fingerprint density at radius 3 is 1.50 bits per heavy atom. The van der Waals surface area contributed by atoms with E-state index in [1.165, 1.54) is 77.2 Å². The van der Waals surface area contributed by atoms with Gasteiger partial charge in [0.15, 0.2) is 0 Å². The Labute approximate surface area is 222 Å². The second kappa shape index (κ2) is 8.30. The van der Waals surface area contributed by atoms with Crippen LogP contribution in [0.4, 0.5) is 0 Å². The number of benzene rings is 7. The molecular weight excluding hydrogens is 456 g/mol. The zero-order valence-electron chi connectivity index (χ0n) is 20.9. The first-order valence-electron chi connectivity index (χ1n) is 13.2. The van der Waals surface area contributed by atoms with Crippen molar-refractivity contribution in [3.05, 3.63) is 146 Å². The maximum Gasteiger partial charge on any atom is -0.00137 e. The van der Waals surface area contributed by atoms with Crippen LogP contribution >= 0.6 is 0 Å². The van der Waals surface area contributed by atoms with Crippen LogP contribution in [0.3, 0.4) is 0 Å². The molecule has 0 radical (unpaired) electrons. The van der Waals surface area contributed by atoms with Gasteiger partial charge in [0.05, 0.1) is 0 Å². The zero-order chi connectivity index (χ0) is 25.1. The van der Waals surface area contributed by atoms with Crippen molar-refractivity contribution in [2.45, 2.75) is 0 Å². The minimum atomic E-state index is 1.23. The summed E-state index contributed by atoms with van der Waals surface area (Å²) in [6.07, 6.45) is 0. The first-order chi connectivity index (χ1) is 18.9. The summed E-state index contributed by atoms with van der Waals surface area (Å²) in [6.45, 7) is 0. The fraction of sp³-hybridized carbons (Fsp3) is 0. The molecule has 0 heterocycles. The van der Waals surface area contributed by atoms with Crippen molar-refractivity contribution in [2.24, 2.45) is 0 Å². The Morgan fingerprint density at radius 1 is 0.263 bits per heavy atom. The van der Waals surface area contributed by atoms with Crippen molar-refractivity contribution in [3.63, 3.8) is 0 Å². The van der Waals surface area contributed by atoms with Crippen molar-refractivity contribution in [3.8, 4) is 55.6 Å². The van der Waals surface area contributed by atoms with Gasteiger partial charge in [-0.1, -0.05) is 133 Å². The van der Waals surface area contributed by atoms with E-state index in [4.69, 9.17) is 0 Å². The van der Waals surface area contributed by atoms with E-state index < -0.39 is 0 Å². The molecule has 0 saturated carbocycles. The van der Waals surface area contributed by atoms with Crippen molar-refractivity contribution in [2.75, 3.05) is 0 Å². The predicted octanol–water partition coefficient (Wildman–Crippen LogP) is 10.6. The van der Waals surface area contributed by atoms with Gasteiger partial charge in [0.2, 0.25) is 0 Å². The van der Waals surface area contributed by atoms with Crippen LogP contribution in [0, 0.1) is 0 Å². The van der Waals surface area contributed by atoms with Crippen LogP contribution in [-0.4, -0.2) is 0 Å². The van der Waals surface area contributed by atoms with Crippen molar-refractivity contribution < 1.29 is 0 Å². The van der Waals surface area contributed by atoms with E-state index in [0.29, 0.717) is 0 Å². The molecule has 7 aromatic carbocycles. The number of fused-ring (bicyclic) bond motifs is 5. The van der Waals surface area contributed by atoms with Gasteiger partial charge >= 0.3 is 0 Å². The molecule has 0 saturated heterocycles. The highest BCUT2D eigenvalue weighted by atomic mass is 14.3. The molecule has 0 nitrogen and oxygen atoms in total. The van der Waals surface area contributed by atoms with Gasteiger partial charge in [-0.2, -0.15) is 0 Å². The van der Waals surface area contributed by atoms with Crippen LogP contribution in [0.15, 0.2) is 146 Å². The first kappa shape index (κ1) is 21.2. The topological polar surface area (TPSA) is 0 Å². The lowest BCUT2D eigenvalue weighted by Crippen LogP contribution is -1.89. The van der Waals surface area contributed by atoms with Gasteiger partial charge in [-0.05, 0) is 89.3 Å². The molecule has 0 heteroatoms. The number of hydrogen-bond donors (Lipinski definition) is 0. The molecule has 0 aliphatic heterocycles. The van der Waals surface area contributed by atoms with E-state index in [9.17, 15) is 0 Å². The van der Waals surface area contributed by atoms with E-state index in [1.807, 2.05) is 0 Å². The van der Waals surface area contributed by atoms with Gasteiger partial charge in [-0.3, -0.25) is 0 Å². The molecule has 0 amide bonds. The third kappa shape index (κ3) is 3.11. The molecule has 0 spiro atoms. The average molecular weight is 481 g/mol. The van der Waals surface area contributed by atoms with Crippen LogP contribution < -0.4 is 0 Å². The molecule has 1 aliphatic carbocycles. The van der Waals surface area contributed by atoms with Crippen molar-refractivity contribution in [1.29, 1.82) is 0 Å². The minimum Gasteiger partial charge on any atom is -0.0622 e. The van der Waals surface area contributed by atoms with Crippen LogP contribution in [0.5, 0.6) is 0 Å². The van der Waals surface area contributed by atoms with E-state index in [2.05, 4.69) is 146 Å². The van der Waals surface area contributed by atoms with Crippen molar-refractivity contribution >= 4 is 21.5 Å². The van der Waals surface area contributed by atoms with Gasteiger partial charge in [0, 0.05) is 0 Å². The van der Waals surface area contributed by atoms with E-state index in [1.54, 1.807) is 0 Å². The second-order valence-electron chi connectivity index (χ2n) is 10.1. The highest BCUT2D eigenvalue weighted by Gasteiger charge is 2.25. The summed E-state index contributed by atoms with van der Waals surface area (Å²) >= 11 is 0. The Kier molecular flexibility index (Phi) is 4.62. The third-order valence-electron chi connectivity index (χ3n) is 7.99. The van der Waals surface area contributed by atoms with Crippen LogP contribution in [-0.2, 0) is 0 Å². The Bertz CT molecular complexity index is 2010. The monoisotopic (exact) mass is 480 g/mol. The molecular formula is C38H24. The maximum atomic E-state index is 2.36. The summed E-state index contributed by atoms with van der Waals surface area (Å²) in [5.41, 5.74) is 12.9. The molecule has 8 rings (SSSR count). The van der Waals surface area contributed by atoms with Gasteiger partial charge < -0.3 is 0 Å². The lowest BCUT2D eigenvalue weighted by Gasteiger charge is -2.16. The quantitative estimate of drug-likeness (QED) is 0.221. The van der Waals surface area contributed by atoms with Crippen LogP contribution in [0.1, 0.15) is 0 Å². The molecule has 0 aromatic heterocycles. The number of hydrogen-bond acceptors (Lipinski definition) is 0. The Hall–Kier alpha value is -4.94. The van der Waals surface area contributed by atoms with E-state index in [-0.39, 0.29) is 0 Å². The fourth-order valence-electron chi connectivity index (χ4n) is 6.34. The summed E-state index contributed by atoms with van der Waals surface area (Å²) in [5, 5.41) is 5.32. The zero-order valence-corrected chi connectivity index (χ0v) is 20.9. The highest BCUT2D eigenvalue weighted by Crippen LogP contribution is 2.53. The highest BCUT2D eigenvalue weighted by molar-refractivity contribution is 6.29. The average Bonchev–Trinajstić information content (AvgIpc) is 3.34. The lowest BCUT2D eigenvalue weighted by atomic mass is 9.87. The summed E-state index contributed by atoms with van der Waals surface area (Å²) in [7, 11) is 0. The maximum absolute atomic E-state index is 2.36. The molecule has 0 N–H and O–H groups in total. The van der Waals surface area contributed by atoms with Crippen LogP contribution in [0.25, 0.3) is 77.2 Å². The molecule has 38 heavy (non-hydrogen) atoms. The lowest BCUT2D eigenvalue weighted by molar-refractivity contribution is 1.58. The SMILES string of the molecule is c1ccc(-c2cccc(-c3cccc(-c4c5ccccc5c5c6c(cccc46)-c4ccccc4-5)c3)c2)cc1. The van der Waals surface area contributed by atoms with Gasteiger partial charge in [0.1, 0.15) is 0 Å². The molecule has 1 aliphatic rings. The largest absolute Gasteiger partial charge is 0.0622 e. The molecule has 0 fully saturated rings. The third-order valence-corrected chi connectivity index (χ3v) is 7.99. The molecule has 0 bridgehead atoms. The summed E-state index contributed by atoms with van der Waals surface area (Å²) in [5.74, 6) is 0. The van der Waals surface area contributed by atoms with Gasteiger partial charge in [0.25, 0.3) is 0 Å². The molecule has 176 valence electrons. The normalized spacial score (nSPS) is 11.7. The van der Waals surface area contributed by atoms with Gasteiger partial charge in [-0.25, -0.2) is 0 Å². The predicted molar refractivity (Wildman–Crippen MR) is 162 cm³/mol. The Morgan fingerprint density at radius 2 is 0.737 bits per heavy atom. The summed E-state index contributed by atoms with van der Waals surface area (Å²) < 4.78 is 0. The smallest absolute Gasteiger partial charge is 0.00137 e. The first-order valence-corrected chi connectivity index (χ1v) is 13.2. The minimum absolute atomic E-state index is 1.23.